The number of rotatable bonds is 10. The third-order valence-corrected chi connectivity index (χ3v) is 9.48. The van der Waals surface area contributed by atoms with Gasteiger partial charge in [-0.05, 0) is 54.1 Å². The van der Waals surface area contributed by atoms with Crippen LogP contribution in [0.15, 0.2) is 73.3 Å². The molecule has 2 aliphatic rings. The lowest BCUT2D eigenvalue weighted by molar-refractivity contribution is -0.688. The molecule has 6 rings (SSSR count). The molecule has 2 atom stereocenters. The van der Waals surface area contributed by atoms with Crippen molar-refractivity contribution in [1.82, 2.24) is 9.47 Å². The Hall–Kier alpha value is -3.03. The van der Waals surface area contributed by atoms with Crippen LogP contribution in [0.25, 0.3) is 0 Å². The van der Waals surface area contributed by atoms with E-state index in [9.17, 15) is 9.59 Å². The molecule has 0 aliphatic carbocycles. The van der Waals surface area contributed by atoms with E-state index in [2.05, 4.69) is 4.90 Å². The van der Waals surface area contributed by atoms with Gasteiger partial charge in [-0.25, -0.2) is 9.13 Å². The molecule has 2 fully saturated rings. The van der Waals surface area contributed by atoms with Gasteiger partial charge in [-0.1, -0.05) is 52.5 Å². The lowest BCUT2D eigenvalue weighted by Gasteiger charge is -2.35. The van der Waals surface area contributed by atoms with Gasteiger partial charge in [0.25, 0.3) is 0 Å². The number of ether oxygens (including phenoxy) is 4. The van der Waals surface area contributed by atoms with E-state index in [1.807, 2.05) is 63.1 Å². The van der Waals surface area contributed by atoms with Crippen molar-refractivity contribution in [3.05, 3.63) is 105 Å². The van der Waals surface area contributed by atoms with Gasteiger partial charge < -0.3 is 45.7 Å². The van der Waals surface area contributed by atoms with Gasteiger partial charge in [0.1, 0.15) is 43.9 Å². The maximum atomic E-state index is 11.7. The number of piperazine rings is 1. The SMILES string of the molecule is CC(=O)Oc1c(Cl)cc(C[n+]2ccn(C[C@]3(c4ccc(Cl)cc4Cl)OC[C@H](COc4ccc(N5CCN(C(C)=O)CC5)cc4)O3)c2)cc1Cl.[Br-]. The highest BCUT2D eigenvalue weighted by molar-refractivity contribution is 6.37. The van der Waals surface area contributed by atoms with Crippen molar-refractivity contribution < 1.29 is 50.1 Å². The van der Waals surface area contributed by atoms with Crippen molar-refractivity contribution in [2.45, 2.75) is 38.8 Å². The molecule has 3 aromatic carbocycles. The standard InChI is InChI=1S/C35H35Cl4N4O6.BrH/c1-23(44)42-11-13-43(14-12-42)27-4-6-28(7-5-27)46-19-29-20-47-35(49-29,30-8-3-26(36)17-31(30)37)21-41-10-9-40(22-41)18-25-15-32(38)34(33(39)16-25)48-24(2)45;/h3-10,15-17,22,29H,11-14,18-21H2,1-2H3;1H/q+1;/p-1/t29-,35-;/m0./s1. The monoisotopic (exact) mass is 826 g/mol. The zero-order chi connectivity index (χ0) is 34.7. The van der Waals surface area contributed by atoms with Gasteiger partial charge in [-0.2, -0.15) is 0 Å². The van der Waals surface area contributed by atoms with Gasteiger partial charge in [-0.15, -0.1) is 0 Å². The Morgan fingerprint density at radius 1 is 0.940 bits per heavy atom. The highest BCUT2D eigenvalue weighted by Gasteiger charge is 2.47. The molecule has 4 aromatic rings. The van der Waals surface area contributed by atoms with E-state index in [0.29, 0.717) is 41.0 Å². The van der Waals surface area contributed by atoms with Crippen molar-refractivity contribution in [2.75, 3.05) is 44.3 Å². The maximum Gasteiger partial charge on any atom is 0.308 e. The van der Waals surface area contributed by atoms with Crippen LogP contribution in [0.1, 0.15) is 25.0 Å². The zero-order valence-electron chi connectivity index (χ0n) is 27.3. The van der Waals surface area contributed by atoms with Crippen molar-refractivity contribution in [3.8, 4) is 11.5 Å². The summed E-state index contributed by atoms with van der Waals surface area (Å²) in [5.74, 6) is -0.759. The van der Waals surface area contributed by atoms with Gasteiger partial charge in [0, 0.05) is 56.3 Å². The summed E-state index contributed by atoms with van der Waals surface area (Å²) in [6.07, 6.45) is 5.33. The van der Waals surface area contributed by atoms with E-state index in [1.165, 1.54) is 6.92 Å². The Balaban J connectivity index is 0.00000486. The minimum Gasteiger partial charge on any atom is -1.00 e. The quantitative estimate of drug-likeness (QED) is 0.138. The molecule has 3 heterocycles. The van der Waals surface area contributed by atoms with Crippen LogP contribution in [0.4, 0.5) is 5.69 Å². The third-order valence-electron chi connectivity index (χ3n) is 8.37. The van der Waals surface area contributed by atoms with Crippen LogP contribution in [0.2, 0.25) is 20.1 Å². The molecule has 0 unspecified atom stereocenters. The number of amides is 1. The van der Waals surface area contributed by atoms with Crippen LogP contribution in [0.3, 0.4) is 0 Å². The predicted molar refractivity (Wildman–Crippen MR) is 187 cm³/mol. The summed E-state index contributed by atoms with van der Waals surface area (Å²) in [4.78, 5) is 27.2. The molecule has 0 radical (unpaired) electrons. The number of esters is 1. The van der Waals surface area contributed by atoms with E-state index < -0.39 is 11.8 Å². The van der Waals surface area contributed by atoms with Gasteiger partial charge >= 0.3 is 5.97 Å². The number of aromatic nitrogens is 2. The number of anilines is 1. The van der Waals surface area contributed by atoms with E-state index in [0.717, 1.165) is 24.3 Å². The number of nitrogens with zero attached hydrogens (tertiary/aromatic N) is 4. The fourth-order valence-corrected chi connectivity index (χ4v) is 7.16. The Morgan fingerprint density at radius 2 is 1.64 bits per heavy atom. The summed E-state index contributed by atoms with van der Waals surface area (Å²) < 4.78 is 28.2. The van der Waals surface area contributed by atoms with E-state index in [4.69, 9.17) is 65.4 Å². The molecule has 2 saturated heterocycles. The molecule has 2 aliphatic heterocycles. The Kier molecular flexibility index (Phi) is 12.6. The molecular weight excluding hydrogens is 794 g/mol. The normalized spacial score (nSPS) is 18.9. The molecule has 0 N–H and O–H groups in total. The van der Waals surface area contributed by atoms with Gasteiger partial charge in [0.2, 0.25) is 18.0 Å². The molecule has 0 saturated carbocycles. The lowest BCUT2D eigenvalue weighted by atomic mass is 10.1. The maximum absolute atomic E-state index is 11.7. The van der Waals surface area contributed by atoms with Crippen molar-refractivity contribution in [1.29, 1.82) is 0 Å². The number of hydrogen-bond acceptors (Lipinski definition) is 7. The number of halogens is 5. The molecule has 50 heavy (non-hydrogen) atoms. The number of hydrogen-bond donors (Lipinski definition) is 0. The first kappa shape index (κ1) is 38.2. The molecular formula is C35H35BrCl4N4O6. The topological polar surface area (TPSA) is 86.4 Å². The van der Waals surface area contributed by atoms with Gasteiger partial charge in [-0.3, -0.25) is 9.59 Å². The van der Waals surface area contributed by atoms with Gasteiger partial charge in [0.05, 0.1) is 21.7 Å². The molecule has 1 aromatic heterocycles. The van der Waals surface area contributed by atoms with Crippen LogP contribution in [-0.4, -0.2) is 66.8 Å². The van der Waals surface area contributed by atoms with Crippen molar-refractivity contribution >= 4 is 64.0 Å². The minimum atomic E-state index is -1.21. The average molecular weight is 829 g/mol. The Bertz CT molecular complexity index is 1810. The van der Waals surface area contributed by atoms with Crippen LogP contribution in [0.5, 0.6) is 11.5 Å². The minimum absolute atomic E-state index is 0. The highest BCUT2D eigenvalue weighted by atomic mass is 79.9. The van der Waals surface area contributed by atoms with Crippen molar-refractivity contribution in [3.63, 3.8) is 0 Å². The first-order valence-corrected chi connectivity index (χ1v) is 17.2. The molecule has 1 amide bonds. The fraction of sp³-hybridized carbons (Fsp3) is 0.343. The average Bonchev–Trinajstić information content (AvgIpc) is 3.68. The Labute approximate surface area is 321 Å². The molecule has 0 spiro atoms. The smallest absolute Gasteiger partial charge is 0.308 e. The molecule has 0 bridgehead atoms. The van der Waals surface area contributed by atoms with E-state index in [1.54, 1.807) is 31.2 Å². The second-order valence-electron chi connectivity index (χ2n) is 12.0. The van der Waals surface area contributed by atoms with Crippen LogP contribution >= 0.6 is 46.4 Å². The zero-order valence-corrected chi connectivity index (χ0v) is 31.9. The summed E-state index contributed by atoms with van der Waals surface area (Å²) in [5.41, 5.74) is 2.55. The molecule has 10 nitrogen and oxygen atoms in total. The summed E-state index contributed by atoms with van der Waals surface area (Å²) in [6, 6.07) is 16.6. The van der Waals surface area contributed by atoms with Crippen LogP contribution in [-0.2, 0) is 37.9 Å². The predicted octanol–water partition coefficient (Wildman–Crippen LogP) is 3.38. The first-order valence-electron chi connectivity index (χ1n) is 15.7. The number of benzene rings is 3. The second-order valence-corrected chi connectivity index (χ2v) is 13.6. The van der Waals surface area contributed by atoms with E-state index in [-0.39, 0.29) is 64.5 Å². The highest BCUT2D eigenvalue weighted by Crippen LogP contribution is 2.41. The summed E-state index contributed by atoms with van der Waals surface area (Å²) in [7, 11) is 0. The largest absolute Gasteiger partial charge is 1.00 e. The summed E-state index contributed by atoms with van der Waals surface area (Å²) >= 11 is 25.6. The summed E-state index contributed by atoms with van der Waals surface area (Å²) in [5, 5.41) is 1.42. The second kappa shape index (κ2) is 16.5. The van der Waals surface area contributed by atoms with Gasteiger partial charge in [0.15, 0.2) is 5.75 Å². The lowest BCUT2D eigenvalue weighted by Crippen LogP contribution is -3.00. The summed E-state index contributed by atoms with van der Waals surface area (Å²) in [6.45, 7) is 7.19. The molecule has 266 valence electrons. The number of carbonyl (C=O) groups excluding carboxylic acids is 2. The fourth-order valence-electron chi connectivity index (χ4n) is 6.00. The van der Waals surface area contributed by atoms with E-state index >= 15 is 0 Å². The first-order chi connectivity index (χ1) is 23.5. The number of carbonyl (C=O) groups is 2. The van der Waals surface area contributed by atoms with Crippen LogP contribution in [0, 0.1) is 0 Å². The number of imidazole rings is 1. The Morgan fingerprint density at radius 3 is 2.28 bits per heavy atom. The third kappa shape index (κ3) is 9.06. The van der Waals surface area contributed by atoms with Crippen molar-refractivity contribution in [2.24, 2.45) is 0 Å². The van der Waals surface area contributed by atoms with Crippen LogP contribution < -0.4 is 35.9 Å². The molecule has 15 heteroatoms.